The molecule has 3 aliphatic rings. The van der Waals surface area contributed by atoms with Gasteiger partial charge in [-0.25, -0.2) is 18.7 Å². The quantitative estimate of drug-likeness (QED) is 0.347. The number of anilines is 2. The zero-order valence-electron chi connectivity index (χ0n) is 23.5. The van der Waals surface area contributed by atoms with Crippen molar-refractivity contribution in [2.24, 2.45) is 11.8 Å². The van der Waals surface area contributed by atoms with Crippen molar-refractivity contribution in [2.75, 3.05) is 31.6 Å². The molecule has 0 unspecified atom stereocenters. The monoisotopic (exact) mass is 566 g/mol. The maximum absolute atomic E-state index is 13.6. The summed E-state index contributed by atoms with van der Waals surface area (Å²) in [7, 11) is 0. The van der Waals surface area contributed by atoms with E-state index in [0.717, 1.165) is 70.4 Å². The first-order valence-electron chi connectivity index (χ1n) is 15.2. The molecule has 1 saturated heterocycles. The summed E-state index contributed by atoms with van der Waals surface area (Å²) >= 11 is 0. The van der Waals surface area contributed by atoms with Crippen molar-refractivity contribution in [3.8, 4) is 0 Å². The molecule has 1 aliphatic heterocycles. The summed E-state index contributed by atoms with van der Waals surface area (Å²) < 4.78 is 28.7. The minimum absolute atomic E-state index is 0.128. The molecule has 8 nitrogen and oxygen atoms in total. The van der Waals surface area contributed by atoms with Crippen molar-refractivity contribution < 1.29 is 13.9 Å². The Kier molecular flexibility index (Phi) is 8.57. The lowest BCUT2D eigenvalue weighted by atomic mass is 9.81. The average molecular weight is 567 g/mol. The fraction of sp³-hybridized carbons (Fsp3) is 0.613. The van der Waals surface area contributed by atoms with Gasteiger partial charge in [0.1, 0.15) is 11.5 Å². The van der Waals surface area contributed by atoms with Gasteiger partial charge in [0.05, 0.1) is 5.56 Å². The molecule has 10 heteroatoms. The molecule has 220 valence electrons. The summed E-state index contributed by atoms with van der Waals surface area (Å²) in [5.41, 5.74) is 0.454. The number of aromatic nitrogens is 4. The number of aliphatic hydroxyl groups is 1. The zero-order valence-corrected chi connectivity index (χ0v) is 23.5. The molecule has 0 spiro atoms. The number of hydrogen-bond acceptors (Lipinski definition) is 7. The topological polar surface area (TPSA) is 96.2 Å². The first kappa shape index (κ1) is 28.2. The summed E-state index contributed by atoms with van der Waals surface area (Å²) in [6.07, 6.45) is 11.1. The normalized spacial score (nSPS) is 23.0. The Morgan fingerprint density at radius 2 is 1.68 bits per heavy atom. The Bertz CT molecular complexity index is 1380. The maximum Gasteiger partial charge on any atom is 0.269 e. The van der Waals surface area contributed by atoms with Gasteiger partial charge in [0.15, 0.2) is 0 Å². The summed E-state index contributed by atoms with van der Waals surface area (Å²) in [5, 5.41) is 13.0. The number of rotatable bonds is 8. The van der Waals surface area contributed by atoms with Crippen molar-refractivity contribution in [1.29, 1.82) is 0 Å². The number of likely N-dealkylation sites (tertiary alicyclic amines) is 1. The predicted molar refractivity (Wildman–Crippen MR) is 155 cm³/mol. The van der Waals surface area contributed by atoms with Crippen LogP contribution >= 0.6 is 0 Å². The van der Waals surface area contributed by atoms with Crippen molar-refractivity contribution in [1.82, 2.24) is 24.4 Å². The van der Waals surface area contributed by atoms with Crippen LogP contribution in [0.4, 0.5) is 20.5 Å². The van der Waals surface area contributed by atoms with Gasteiger partial charge >= 0.3 is 0 Å². The van der Waals surface area contributed by atoms with Gasteiger partial charge in [0, 0.05) is 37.0 Å². The zero-order chi connectivity index (χ0) is 28.3. The van der Waals surface area contributed by atoms with Gasteiger partial charge in [-0.3, -0.25) is 9.36 Å². The summed E-state index contributed by atoms with van der Waals surface area (Å²) in [6.45, 7) is 3.72. The van der Waals surface area contributed by atoms with E-state index in [1.807, 2.05) is 12.3 Å². The van der Waals surface area contributed by atoms with Crippen molar-refractivity contribution in [2.45, 2.75) is 82.6 Å². The van der Waals surface area contributed by atoms with Crippen LogP contribution in [0.3, 0.4) is 0 Å². The minimum atomic E-state index is -2.84. The van der Waals surface area contributed by atoms with Crippen LogP contribution in [0.15, 0.2) is 35.4 Å². The van der Waals surface area contributed by atoms with Crippen LogP contribution in [0.2, 0.25) is 0 Å². The van der Waals surface area contributed by atoms with E-state index < -0.39 is 17.5 Å². The van der Waals surface area contributed by atoms with Crippen LogP contribution in [-0.2, 0) is 0 Å². The van der Waals surface area contributed by atoms with E-state index >= 15 is 0 Å². The summed E-state index contributed by atoms with van der Waals surface area (Å²) in [4.78, 5) is 29.1. The number of pyridine rings is 2. The lowest BCUT2D eigenvalue weighted by Gasteiger charge is -2.36. The van der Waals surface area contributed by atoms with Gasteiger partial charge in [-0.15, -0.1) is 0 Å². The Morgan fingerprint density at radius 3 is 2.34 bits per heavy atom. The van der Waals surface area contributed by atoms with Crippen molar-refractivity contribution >= 4 is 22.8 Å². The minimum Gasteiger partial charge on any atom is -0.396 e. The molecule has 0 bridgehead atoms. The molecule has 41 heavy (non-hydrogen) atoms. The third kappa shape index (κ3) is 6.28. The highest BCUT2D eigenvalue weighted by Gasteiger charge is 2.27. The number of halogens is 2. The van der Waals surface area contributed by atoms with Crippen molar-refractivity contribution in [3.05, 3.63) is 52.1 Å². The van der Waals surface area contributed by atoms with Crippen LogP contribution in [-0.4, -0.2) is 55.8 Å². The second-order valence-electron chi connectivity index (χ2n) is 12.2. The van der Waals surface area contributed by atoms with Gasteiger partial charge in [-0.2, -0.15) is 4.98 Å². The molecule has 0 radical (unpaired) electrons. The van der Waals surface area contributed by atoms with Crippen LogP contribution in [0.1, 0.15) is 93.7 Å². The van der Waals surface area contributed by atoms with E-state index in [0.29, 0.717) is 35.3 Å². The number of piperidine rings is 1. The highest BCUT2D eigenvalue weighted by atomic mass is 19.3. The van der Waals surface area contributed by atoms with Crippen molar-refractivity contribution in [3.63, 3.8) is 0 Å². The maximum atomic E-state index is 13.6. The first-order chi connectivity index (χ1) is 20.0. The molecule has 2 N–H and O–H groups in total. The van der Waals surface area contributed by atoms with E-state index in [1.165, 1.54) is 41.8 Å². The molecule has 2 aliphatic carbocycles. The molecule has 0 atom stereocenters. The molecule has 6 rings (SSSR count). The second kappa shape index (κ2) is 12.5. The predicted octanol–water partition coefficient (Wildman–Crippen LogP) is 5.96. The molecular weight excluding hydrogens is 526 g/mol. The molecule has 3 aromatic rings. The van der Waals surface area contributed by atoms with Crippen LogP contribution in [0.25, 0.3) is 11.0 Å². The Hall–Kier alpha value is -2.98. The lowest BCUT2D eigenvalue weighted by Crippen LogP contribution is -2.37. The average Bonchev–Trinajstić information content (AvgIpc) is 3.52. The largest absolute Gasteiger partial charge is 0.396 e. The Morgan fingerprint density at radius 1 is 0.951 bits per heavy atom. The van der Waals surface area contributed by atoms with Crippen LogP contribution in [0, 0.1) is 11.8 Å². The van der Waals surface area contributed by atoms with Gasteiger partial charge in [-0.1, -0.05) is 18.9 Å². The number of fused-ring (bicyclic) bond motifs is 1. The highest BCUT2D eigenvalue weighted by molar-refractivity contribution is 5.76. The number of hydrogen-bond donors (Lipinski definition) is 2. The first-order valence-corrected chi connectivity index (χ1v) is 15.2. The van der Waals surface area contributed by atoms with Crippen LogP contribution < -0.4 is 10.9 Å². The molecule has 0 aromatic carbocycles. The van der Waals surface area contributed by atoms with Gasteiger partial charge in [-0.05, 0) is 99.9 Å². The van der Waals surface area contributed by atoms with Gasteiger partial charge < -0.3 is 15.3 Å². The fourth-order valence-electron chi connectivity index (χ4n) is 7.11. The molecule has 3 fully saturated rings. The molecule has 0 amide bonds. The summed E-state index contributed by atoms with van der Waals surface area (Å²) in [6, 6.07) is 5.13. The SMILES string of the molecule is O=c1c(C(F)F)cc2cnc(Nc3ccc(C4CCN(CC5CCC(CO)CC5)CC4)cn3)nc2n1C1CCCC1. The third-order valence-electron chi connectivity index (χ3n) is 9.55. The van der Waals surface area contributed by atoms with E-state index in [9.17, 15) is 18.7 Å². The molecule has 4 heterocycles. The van der Waals surface area contributed by atoms with E-state index in [-0.39, 0.29) is 12.0 Å². The smallest absolute Gasteiger partial charge is 0.269 e. The van der Waals surface area contributed by atoms with Gasteiger partial charge in [0.2, 0.25) is 5.95 Å². The fourth-order valence-corrected chi connectivity index (χ4v) is 7.11. The Balaban J connectivity index is 1.10. The number of aliphatic hydroxyl groups excluding tert-OH is 1. The Labute approximate surface area is 239 Å². The molecule has 2 saturated carbocycles. The number of nitrogens with zero attached hydrogens (tertiary/aromatic N) is 5. The second-order valence-corrected chi connectivity index (χ2v) is 12.2. The highest BCUT2D eigenvalue weighted by Crippen LogP contribution is 2.34. The van der Waals surface area contributed by atoms with Gasteiger partial charge in [0.25, 0.3) is 12.0 Å². The van der Waals surface area contributed by atoms with Crippen LogP contribution in [0.5, 0.6) is 0 Å². The number of alkyl halides is 2. The lowest BCUT2D eigenvalue weighted by molar-refractivity contribution is 0.127. The van der Waals surface area contributed by atoms with E-state index in [2.05, 4.69) is 31.2 Å². The van der Waals surface area contributed by atoms with E-state index in [1.54, 1.807) is 0 Å². The number of nitrogens with one attached hydrogen (secondary N) is 1. The standard InChI is InChI=1S/C31H40F2N6O2/c32-28(33)26-15-24-17-35-31(37-29(24)39(30(26)41)25-3-1-2-4-25)36-27-10-9-23(16-34-27)22-11-13-38(14-12-22)18-20-5-7-21(19-40)8-6-20/h9-10,15-17,20-22,25,28,40H,1-8,11-14,18-19H2,(H,34,35,36,37). The molecule has 3 aromatic heterocycles. The third-order valence-corrected chi connectivity index (χ3v) is 9.55. The van der Waals surface area contributed by atoms with E-state index in [4.69, 9.17) is 0 Å². The molecular formula is C31H40F2N6O2. The summed E-state index contributed by atoms with van der Waals surface area (Å²) in [5.74, 6) is 2.64.